The number of aliphatic hydroxyl groups is 1. The Morgan fingerprint density at radius 1 is 1.14 bits per heavy atom. The van der Waals surface area contributed by atoms with Crippen molar-refractivity contribution in [1.29, 1.82) is 0 Å². The maximum absolute atomic E-state index is 11.2. The van der Waals surface area contributed by atoms with Crippen LogP contribution in [0.25, 0.3) is 0 Å². The number of halogens is 2. The summed E-state index contributed by atoms with van der Waals surface area (Å²) >= 11 is 9.85. The number of carbonyl (C=O) groups is 1. The van der Waals surface area contributed by atoms with Crippen LogP contribution in [0, 0.1) is 0 Å². The zero-order valence-corrected chi connectivity index (χ0v) is 22.0. The van der Waals surface area contributed by atoms with Crippen molar-refractivity contribution in [1.82, 2.24) is 10.7 Å². The molecule has 1 atom stereocenters. The molecule has 0 aromatic heterocycles. The molecule has 0 radical (unpaired) electrons. The highest BCUT2D eigenvalue weighted by Crippen LogP contribution is 2.30. The summed E-state index contributed by atoms with van der Waals surface area (Å²) in [5.74, 6) is 1.86. The third kappa shape index (κ3) is 9.00. The Morgan fingerprint density at radius 2 is 1.94 bits per heavy atom. The van der Waals surface area contributed by atoms with Gasteiger partial charge in [0.05, 0.1) is 28.4 Å². The molecule has 35 heavy (non-hydrogen) atoms. The molecule has 0 saturated heterocycles. The minimum atomic E-state index is -0.572. The van der Waals surface area contributed by atoms with E-state index in [1.54, 1.807) is 6.07 Å². The molecule has 1 heterocycles. The van der Waals surface area contributed by atoms with Gasteiger partial charge in [-0.1, -0.05) is 18.5 Å². The van der Waals surface area contributed by atoms with Crippen molar-refractivity contribution >= 4 is 39.1 Å². The zero-order chi connectivity index (χ0) is 25.0. The number of ether oxygens (including phenoxy) is 3. The third-order valence-corrected chi connectivity index (χ3v) is 6.04. The fourth-order valence-corrected chi connectivity index (χ4v) is 4.00. The van der Waals surface area contributed by atoms with Crippen molar-refractivity contribution in [3.05, 3.63) is 51.5 Å². The van der Waals surface area contributed by atoms with Gasteiger partial charge in [-0.15, -0.1) is 0 Å². The second-order valence-corrected chi connectivity index (χ2v) is 9.31. The van der Waals surface area contributed by atoms with Crippen LogP contribution in [0.2, 0.25) is 5.02 Å². The van der Waals surface area contributed by atoms with Gasteiger partial charge in [-0.2, -0.15) is 5.10 Å². The summed E-state index contributed by atoms with van der Waals surface area (Å²) in [7, 11) is 0. The van der Waals surface area contributed by atoms with Crippen LogP contribution in [-0.2, 0) is 4.79 Å². The highest BCUT2D eigenvalue weighted by Gasteiger charge is 2.15. The normalized spacial score (nSPS) is 14.2. The van der Waals surface area contributed by atoms with Crippen LogP contribution >= 0.6 is 27.5 Å². The molecule has 3 rings (SSSR count). The van der Waals surface area contributed by atoms with Crippen LogP contribution in [0.4, 0.5) is 0 Å². The van der Waals surface area contributed by atoms with Gasteiger partial charge in [0, 0.05) is 25.8 Å². The highest BCUT2D eigenvalue weighted by atomic mass is 79.9. The Hall–Kier alpha value is -2.33. The van der Waals surface area contributed by atoms with Crippen molar-refractivity contribution in [2.45, 2.75) is 38.7 Å². The van der Waals surface area contributed by atoms with Gasteiger partial charge in [-0.25, -0.2) is 5.43 Å². The first-order chi connectivity index (χ1) is 17.0. The SMILES string of the molecule is CCCNC[C@@H](O)COc1ccc(OCCCOc2ccc(C3=NNC(=O)CC3)cc2Cl)cc1Br. The van der Waals surface area contributed by atoms with Crippen LogP contribution in [0.1, 0.15) is 38.2 Å². The predicted molar refractivity (Wildman–Crippen MR) is 140 cm³/mol. The molecule has 2 aromatic carbocycles. The first-order valence-electron chi connectivity index (χ1n) is 11.7. The molecule has 0 saturated carbocycles. The van der Waals surface area contributed by atoms with Gasteiger partial charge in [0.25, 0.3) is 0 Å². The summed E-state index contributed by atoms with van der Waals surface area (Å²) in [4.78, 5) is 11.2. The van der Waals surface area contributed by atoms with Gasteiger partial charge in [0.15, 0.2) is 0 Å². The van der Waals surface area contributed by atoms with Gasteiger partial charge < -0.3 is 24.6 Å². The van der Waals surface area contributed by atoms with E-state index >= 15 is 0 Å². The average Bonchev–Trinajstić information content (AvgIpc) is 2.85. The lowest BCUT2D eigenvalue weighted by Gasteiger charge is -2.15. The number of amides is 1. The van der Waals surface area contributed by atoms with Crippen LogP contribution in [0.5, 0.6) is 17.2 Å². The molecule has 2 aromatic rings. The molecule has 0 spiro atoms. The largest absolute Gasteiger partial charge is 0.493 e. The number of nitrogens with one attached hydrogen (secondary N) is 2. The van der Waals surface area contributed by atoms with Crippen LogP contribution in [-0.4, -0.2) is 55.7 Å². The Bertz CT molecular complexity index is 1020. The molecule has 0 bridgehead atoms. The first kappa shape index (κ1) is 27.3. The van der Waals surface area contributed by atoms with E-state index < -0.39 is 6.10 Å². The van der Waals surface area contributed by atoms with Gasteiger partial charge in [0.2, 0.25) is 5.91 Å². The Morgan fingerprint density at radius 3 is 2.66 bits per heavy atom. The lowest BCUT2D eigenvalue weighted by Crippen LogP contribution is -2.31. The number of hydrogen-bond donors (Lipinski definition) is 3. The molecule has 1 aliphatic rings. The molecule has 1 amide bonds. The van der Waals surface area contributed by atoms with E-state index in [4.69, 9.17) is 25.8 Å². The van der Waals surface area contributed by atoms with Crippen LogP contribution < -0.4 is 25.0 Å². The van der Waals surface area contributed by atoms with E-state index in [-0.39, 0.29) is 12.5 Å². The van der Waals surface area contributed by atoms with E-state index in [1.807, 2.05) is 30.3 Å². The molecule has 8 nitrogen and oxygen atoms in total. The van der Waals surface area contributed by atoms with E-state index in [1.165, 1.54) is 0 Å². The number of hydrazone groups is 1. The molecule has 1 aliphatic heterocycles. The molecule has 10 heteroatoms. The summed E-state index contributed by atoms with van der Waals surface area (Å²) in [5, 5.41) is 17.7. The smallest absolute Gasteiger partial charge is 0.240 e. The van der Waals surface area contributed by atoms with E-state index in [0.29, 0.717) is 61.3 Å². The minimum absolute atomic E-state index is 0.0792. The second kappa shape index (κ2) is 14.3. The number of nitrogens with zero attached hydrogens (tertiary/aromatic N) is 1. The van der Waals surface area contributed by atoms with Crippen molar-refractivity contribution in [3.8, 4) is 17.2 Å². The zero-order valence-electron chi connectivity index (χ0n) is 19.7. The Kier molecular flexibility index (Phi) is 11.1. The van der Waals surface area contributed by atoms with Crippen LogP contribution in [0.3, 0.4) is 0 Å². The third-order valence-electron chi connectivity index (χ3n) is 5.13. The minimum Gasteiger partial charge on any atom is -0.493 e. The van der Waals surface area contributed by atoms with Gasteiger partial charge in [-0.05, 0) is 70.9 Å². The van der Waals surface area contributed by atoms with Crippen molar-refractivity contribution < 1.29 is 24.1 Å². The monoisotopic (exact) mass is 567 g/mol. The fourth-order valence-electron chi connectivity index (χ4n) is 3.29. The fraction of sp³-hybridized carbons (Fsp3) is 0.440. The molecule has 0 unspecified atom stereocenters. The lowest BCUT2D eigenvalue weighted by atomic mass is 10.0. The van der Waals surface area contributed by atoms with Gasteiger partial charge >= 0.3 is 0 Å². The summed E-state index contributed by atoms with van der Waals surface area (Å²) in [6.45, 7) is 4.58. The molecule has 190 valence electrons. The second-order valence-electron chi connectivity index (χ2n) is 8.05. The summed E-state index contributed by atoms with van der Waals surface area (Å²) < 4.78 is 18.0. The molecule has 0 fully saturated rings. The van der Waals surface area contributed by atoms with Crippen LogP contribution in [0.15, 0.2) is 46.0 Å². The maximum Gasteiger partial charge on any atom is 0.240 e. The number of aliphatic hydroxyl groups excluding tert-OH is 1. The highest BCUT2D eigenvalue weighted by molar-refractivity contribution is 9.10. The lowest BCUT2D eigenvalue weighted by molar-refractivity contribution is -0.121. The number of rotatable bonds is 14. The predicted octanol–water partition coefficient (Wildman–Crippen LogP) is 4.30. The first-order valence-corrected chi connectivity index (χ1v) is 12.9. The van der Waals surface area contributed by atoms with Gasteiger partial charge in [-0.3, -0.25) is 4.79 Å². The van der Waals surface area contributed by atoms with Crippen molar-refractivity contribution in [2.24, 2.45) is 5.10 Å². The number of hydrogen-bond acceptors (Lipinski definition) is 7. The van der Waals surface area contributed by atoms with E-state index in [2.05, 4.69) is 38.7 Å². The standard InChI is InChI=1S/C25H31BrClN3O5/c1-2-10-28-15-18(31)16-35-23-8-5-19(14-20(23)26)33-11-3-12-34-24-7-4-17(13-21(24)27)22-6-9-25(32)30-29-22/h4-5,7-8,13-14,18,28,31H,2-3,6,9-12,15-16H2,1H3,(H,30,32)/t18-/m1/s1. The molecule has 0 aliphatic carbocycles. The summed E-state index contributed by atoms with van der Waals surface area (Å²) in [6.07, 6.45) is 2.12. The molecular formula is C25H31BrClN3O5. The molecule has 3 N–H and O–H groups in total. The summed E-state index contributed by atoms with van der Waals surface area (Å²) in [6, 6.07) is 11.0. The average molecular weight is 569 g/mol. The maximum atomic E-state index is 11.2. The van der Waals surface area contributed by atoms with Crippen molar-refractivity contribution in [2.75, 3.05) is 32.9 Å². The Labute approximate surface area is 219 Å². The van der Waals surface area contributed by atoms with E-state index in [9.17, 15) is 9.90 Å². The quantitative estimate of drug-likeness (QED) is 0.294. The summed E-state index contributed by atoms with van der Waals surface area (Å²) in [5.41, 5.74) is 4.16. The van der Waals surface area contributed by atoms with Gasteiger partial charge in [0.1, 0.15) is 30.0 Å². The topological polar surface area (TPSA) is 101 Å². The number of carbonyl (C=O) groups excluding carboxylic acids is 1. The number of benzene rings is 2. The molecular weight excluding hydrogens is 538 g/mol. The van der Waals surface area contributed by atoms with E-state index in [0.717, 1.165) is 28.7 Å². The Balaban J connectivity index is 1.37. The van der Waals surface area contributed by atoms with Crippen molar-refractivity contribution in [3.63, 3.8) is 0 Å².